The van der Waals surface area contributed by atoms with Crippen LogP contribution in [0.25, 0.3) is 0 Å². The SMILES string of the molecule is COc1ccc(NCc2cc(N(N)c3ccc(O)c(CNc4ccc(O)cc4)c3)ccc2O)cc1OC. The van der Waals surface area contributed by atoms with Crippen molar-refractivity contribution >= 4 is 22.7 Å². The van der Waals surface area contributed by atoms with Gasteiger partial charge in [-0.1, -0.05) is 0 Å². The van der Waals surface area contributed by atoms with E-state index in [1.165, 1.54) is 5.01 Å². The van der Waals surface area contributed by atoms with Gasteiger partial charge in [0.25, 0.3) is 0 Å². The zero-order valence-electron chi connectivity index (χ0n) is 20.6. The molecule has 0 saturated heterocycles. The van der Waals surface area contributed by atoms with Gasteiger partial charge in [-0.2, -0.15) is 0 Å². The Morgan fingerprint density at radius 1 is 0.649 bits per heavy atom. The molecule has 0 aliphatic rings. The maximum absolute atomic E-state index is 10.4. The molecule has 0 spiro atoms. The Balaban J connectivity index is 1.48. The molecule has 9 nitrogen and oxygen atoms in total. The van der Waals surface area contributed by atoms with E-state index in [0.717, 1.165) is 11.4 Å². The summed E-state index contributed by atoms with van der Waals surface area (Å²) in [4.78, 5) is 0. The predicted octanol–water partition coefficient (Wildman–Crippen LogP) is 5.06. The molecule has 0 aliphatic heterocycles. The molecule has 0 saturated carbocycles. The highest BCUT2D eigenvalue weighted by Gasteiger charge is 2.12. The summed E-state index contributed by atoms with van der Waals surface area (Å²) in [6.07, 6.45) is 0. The molecule has 9 heteroatoms. The highest BCUT2D eigenvalue weighted by molar-refractivity contribution is 5.66. The molecule has 4 aromatic rings. The summed E-state index contributed by atoms with van der Waals surface area (Å²) in [5.74, 6) is 8.10. The number of rotatable bonds is 10. The van der Waals surface area contributed by atoms with Crippen molar-refractivity contribution in [2.75, 3.05) is 29.9 Å². The number of anilines is 4. The van der Waals surface area contributed by atoms with Crippen LogP contribution in [0.2, 0.25) is 0 Å². The van der Waals surface area contributed by atoms with Gasteiger partial charge in [0.05, 0.1) is 25.6 Å². The van der Waals surface area contributed by atoms with Crippen LogP contribution in [-0.2, 0) is 13.1 Å². The maximum Gasteiger partial charge on any atom is 0.162 e. The number of ether oxygens (including phenoxy) is 2. The van der Waals surface area contributed by atoms with Crippen molar-refractivity contribution in [1.29, 1.82) is 0 Å². The van der Waals surface area contributed by atoms with Crippen molar-refractivity contribution in [3.8, 4) is 28.7 Å². The van der Waals surface area contributed by atoms with Gasteiger partial charge in [0.1, 0.15) is 17.2 Å². The number of hydrazine groups is 1. The summed E-state index contributed by atoms with van der Waals surface area (Å²) in [6, 6.07) is 22.4. The number of nitrogens with one attached hydrogen (secondary N) is 2. The first kappa shape index (κ1) is 25.3. The van der Waals surface area contributed by atoms with Crippen LogP contribution in [0.15, 0.2) is 78.9 Å². The third-order valence-electron chi connectivity index (χ3n) is 5.90. The van der Waals surface area contributed by atoms with Crippen LogP contribution in [0.5, 0.6) is 28.7 Å². The van der Waals surface area contributed by atoms with E-state index in [1.54, 1.807) is 80.9 Å². The average molecular weight is 503 g/mol. The lowest BCUT2D eigenvalue weighted by molar-refractivity contribution is 0.355. The Labute approximate surface area is 215 Å². The van der Waals surface area contributed by atoms with Crippen LogP contribution in [0.3, 0.4) is 0 Å². The molecule has 0 aliphatic carbocycles. The monoisotopic (exact) mass is 502 g/mol. The molecule has 0 radical (unpaired) electrons. The molecule has 0 heterocycles. The van der Waals surface area contributed by atoms with Gasteiger partial charge in [-0.3, -0.25) is 5.01 Å². The maximum atomic E-state index is 10.4. The Kier molecular flexibility index (Phi) is 7.75. The standard InChI is InChI=1S/C28H30N4O5/c1-36-27-12-5-21(15-28(27)37-2)31-17-19-14-23(7-11-26(19)35)32(29)22-6-10-25(34)18(13-22)16-30-20-3-8-24(33)9-4-20/h3-15,30-31,33-35H,16-17,29H2,1-2H3. The van der Waals surface area contributed by atoms with Crippen molar-refractivity contribution < 1.29 is 24.8 Å². The van der Waals surface area contributed by atoms with E-state index in [-0.39, 0.29) is 17.2 Å². The first-order valence-corrected chi connectivity index (χ1v) is 11.6. The van der Waals surface area contributed by atoms with Crippen molar-refractivity contribution in [3.63, 3.8) is 0 Å². The van der Waals surface area contributed by atoms with Gasteiger partial charge in [0.2, 0.25) is 0 Å². The number of nitrogens with two attached hydrogens (primary N) is 1. The van der Waals surface area contributed by atoms with Crippen molar-refractivity contribution in [3.05, 3.63) is 90.0 Å². The zero-order chi connectivity index (χ0) is 26.4. The Bertz CT molecular complexity index is 1360. The van der Waals surface area contributed by atoms with Crippen LogP contribution in [0.4, 0.5) is 22.7 Å². The second kappa shape index (κ2) is 11.3. The molecule has 7 N–H and O–H groups in total. The summed E-state index contributed by atoms with van der Waals surface area (Å²) in [7, 11) is 3.15. The fourth-order valence-electron chi connectivity index (χ4n) is 3.80. The second-order valence-corrected chi connectivity index (χ2v) is 8.32. The summed E-state index contributed by atoms with van der Waals surface area (Å²) in [6.45, 7) is 0.703. The first-order chi connectivity index (χ1) is 17.9. The minimum Gasteiger partial charge on any atom is -0.508 e. The predicted molar refractivity (Wildman–Crippen MR) is 145 cm³/mol. The molecule has 0 aromatic heterocycles. The number of phenolic OH excluding ortho intramolecular Hbond substituents is 3. The minimum atomic E-state index is 0.133. The fourth-order valence-corrected chi connectivity index (χ4v) is 3.80. The summed E-state index contributed by atoms with van der Waals surface area (Å²) < 4.78 is 10.6. The number of nitrogens with zero attached hydrogens (tertiary/aromatic N) is 1. The minimum absolute atomic E-state index is 0.133. The Morgan fingerprint density at radius 2 is 1.16 bits per heavy atom. The van der Waals surface area contributed by atoms with Crippen LogP contribution in [-0.4, -0.2) is 29.5 Å². The lowest BCUT2D eigenvalue weighted by atomic mass is 10.1. The number of benzene rings is 4. The molecule has 4 aromatic carbocycles. The highest BCUT2D eigenvalue weighted by atomic mass is 16.5. The third-order valence-corrected chi connectivity index (χ3v) is 5.90. The number of hydrogen-bond acceptors (Lipinski definition) is 9. The molecular formula is C28H30N4O5. The topological polar surface area (TPSA) is 132 Å². The number of hydrogen-bond donors (Lipinski definition) is 6. The molecular weight excluding hydrogens is 472 g/mol. The lowest BCUT2D eigenvalue weighted by Crippen LogP contribution is -2.25. The molecule has 0 bridgehead atoms. The highest BCUT2D eigenvalue weighted by Crippen LogP contribution is 2.33. The van der Waals surface area contributed by atoms with Gasteiger partial charge in [-0.05, 0) is 72.8 Å². The van der Waals surface area contributed by atoms with Gasteiger partial charge in [0, 0.05) is 41.7 Å². The molecule has 0 atom stereocenters. The van der Waals surface area contributed by atoms with E-state index in [9.17, 15) is 15.3 Å². The largest absolute Gasteiger partial charge is 0.508 e. The normalized spacial score (nSPS) is 10.6. The van der Waals surface area contributed by atoms with E-state index in [0.29, 0.717) is 47.1 Å². The van der Waals surface area contributed by atoms with Crippen molar-refractivity contribution in [2.24, 2.45) is 5.84 Å². The van der Waals surface area contributed by atoms with Gasteiger partial charge >= 0.3 is 0 Å². The van der Waals surface area contributed by atoms with Crippen LogP contribution in [0, 0.1) is 0 Å². The molecule has 0 fully saturated rings. The van der Waals surface area contributed by atoms with E-state index in [4.69, 9.17) is 15.3 Å². The molecule has 0 unspecified atom stereocenters. The van der Waals surface area contributed by atoms with Gasteiger partial charge < -0.3 is 35.4 Å². The molecule has 0 amide bonds. The van der Waals surface area contributed by atoms with Crippen LogP contribution in [0.1, 0.15) is 11.1 Å². The number of methoxy groups -OCH3 is 2. The molecule has 192 valence electrons. The fraction of sp³-hybridized carbons (Fsp3) is 0.143. The van der Waals surface area contributed by atoms with E-state index >= 15 is 0 Å². The second-order valence-electron chi connectivity index (χ2n) is 8.32. The third kappa shape index (κ3) is 6.09. The molecule has 4 rings (SSSR count). The number of phenols is 3. The van der Waals surface area contributed by atoms with Crippen molar-refractivity contribution in [2.45, 2.75) is 13.1 Å². The van der Waals surface area contributed by atoms with Gasteiger partial charge in [0.15, 0.2) is 11.5 Å². The Morgan fingerprint density at radius 3 is 1.70 bits per heavy atom. The first-order valence-electron chi connectivity index (χ1n) is 11.6. The van der Waals surface area contributed by atoms with E-state index in [1.807, 2.05) is 12.1 Å². The smallest absolute Gasteiger partial charge is 0.162 e. The van der Waals surface area contributed by atoms with E-state index in [2.05, 4.69) is 10.6 Å². The van der Waals surface area contributed by atoms with E-state index < -0.39 is 0 Å². The van der Waals surface area contributed by atoms with Crippen molar-refractivity contribution in [1.82, 2.24) is 0 Å². The lowest BCUT2D eigenvalue weighted by Gasteiger charge is -2.21. The Hall–Kier alpha value is -4.76. The zero-order valence-corrected chi connectivity index (χ0v) is 20.6. The average Bonchev–Trinajstić information content (AvgIpc) is 2.92. The van der Waals surface area contributed by atoms with Crippen LogP contribution >= 0.6 is 0 Å². The summed E-state index contributed by atoms with van der Waals surface area (Å²) >= 11 is 0. The van der Waals surface area contributed by atoms with Gasteiger partial charge in [-0.25, -0.2) is 5.84 Å². The summed E-state index contributed by atoms with van der Waals surface area (Å²) in [5.41, 5.74) is 4.22. The van der Waals surface area contributed by atoms with Gasteiger partial charge in [-0.15, -0.1) is 0 Å². The van der Waals surface area contributed by atoms with Crippen LogP contribution < -0.4 is 31.0 Å². The number of aromatic hydroxyl groups is 3. The summed E-state index contributed by atoms with van der Waals surface area (Å²) in [5, 5.41) is 38.2. The molecule has 37 heavy (non-hydrogen) atoms. The quantitative estimate of drug-likeness (QED) is 0.100.